The van der Waals surface area contributed by atoms with E-state index in [-0.39, 0.29) is 18.0 Å². The topological polar surface area (TPSA) is 97.5 Å². The molecule has 2 aliphatic rings. The number of nitro groups is 1. The molecule has 2 heterocycles. The summed E-state index contributed by atoms with van der Waals surface area (Å²) in [6.07, 6.45) is 0.395. The minimum Gasteiger partial charge on any atom is -0.410 e. The van der Waals surface area contributed by atoms with Crippen molar-refractivity contribution in [3.8, 4) is 5.75 Å². The Hall–Kier alpha value is -2.68. The van der Waals surface area contributed by atoms with Crippen molar-refractivity contribution in [1.82, 2.24) is 9.80 Å². The number of benzene rings is 1. The van der Waals surface area contributed by atoms with Crippen LogP contribution in [0.2, 0.25) is 0 Å². The van der Waals surface area contributed by atoms with Gasteiger partial charge in [-0.3, -0.25) is 0 Å². The molecule has 0 radical (unpaired) electrons. The number of rotatable bonds is 4. The second-order valence-corrected chi connectivity index (χ2v) is 6.67. The first kappa shape index (κ1) is 18.1. The number of ether oxygens (including phenoxy) is 2. The van der Waals surface area contributed by atoms with Crippen LogP contribution in [0.25, 0.3) is 0 Å². The molecular weight excluding hydrogens is 340 g/mol. The van der Waals surface area contributed by atoms with E-state index in [0.717, 1.165) is 12.0 Å². The van der Waals surface area contributed by atoms with Gasteiger partial charge in [0.2, 0.25) is 0 Å². The predicted molar refractivity (Wildman–Crippen MR) is 93.4 cm³/mol. The standard InChI is InChI=1S/C17H22N4O5/c1-12-4-3-5-15(8-12)26-17(22)20-7-6-19(16(20)18-21(23)24)10-14-9-13(2)25-11-14/h3-5,8,13-14H,6-7,9-11H2,1-2H3. The van der Waals surface area contributed by atoms with Crippen LogP contribution in [-0.4, -0.2) is 59.2 Å². The molecular formula is C17H22N4O5. The average Bonchev–Trinajstić information content (AvgIpc) is 3.14. The van der Waals surface area contributed by atoms with Crippen molar-refractivity contribution in [3.05, 3.63) is 39.9 Å². The average molecular weight is 362 g/mol. The van der Waals surface area contributed by atoms with Crippen LogP contribution in [0.15, 0.2) is 29.4 Å². The van der Waals surface area contributed by atoms with Crippen LogP contribution in [0.5, 0.6) is 5.75 Å². The van der Waals surface area contributed by atoms with E-state index in [2.05, 4.69) is 5.10 Å². The Morgan fingerprint density at radius 1 is 1.46 bits per heavy atom. The highest BCUT2D eigenvalue weighted by atomic mass is 16.7. The number of hydrogen-bond acceptors (Lipinski definition) is 5. The molecule has 2 aliphatic heterocycles. The zero-order valence-corrected chi connectivity index (χ0v) is 14.8. The number of carbonyl (C=O) groups is 1. The Morgan fingerprint density at radius 2 is 2.27 bits per heavy atom. The zero-order chi connectivity index (χ0) is 18.7. The molecule has 0 aromatic heterocycles. The molecule has 3 rings (SSSR count). The van der Waals surface area contributed by atoms with Gasteiger partial charge in [0.25, 0.3) is 5.96 Å². The quantitative estimate of drug-likeness (QED) is 0.601. The molecule has 1 amide bonds. The summed E-state index contributed by atoms with van der Waals surface area (Å²) in [5.74, 6) is 0.675. The third-order valence-electron chi connectivity index (χ3n) is 4.46. The molecule has 9 nitrogen and oxygen atoms in total. The van der Waals surface area contributed by atoms with Crippen LogP contribution in [0.3, 0.4) is 0 Å². The molecule has 1 aromatic carbocycles. The molecule has 1 aromatic rings. The van der Waals surface area contributed by atoms with Gasteiger partial charge >= 0.3 is 6.09 Å². The lowest BCUT2D eigenvalue weighted by Gasteiger charge is -2.21. The number of nitrogens with zero attached hydrogens (tertiary/aromatic N) is 4. The SMILES string of the molecule is Cc1cccc(OC(=O)N2CCN(CC3COC(C)C3)C2=N[N+](=O)[O-])c1. The van der Waals surface area contributed by atoms with E-state index >= 15 is 0 Å². The summed E-state index contributed by atoms with van der Waals surface area (Å²) < 4.78 is 10.9. The fourth-order valence-corrected chi connectivity index (χ4v) is 3.31. The molecule has 0 spiro atoms. The van der Waals surface area contributed by atoms with Crippen LogP contribution in [0, 0.1) is 23.0 Å². The maximum absolute atomic E-state index is 12.5. The fourth-order valence-electron chi connectivity index (χ4n) is 3.31. The highest BCUT2D eigenvalue weighted by Crippen LogP contribution is 2.23. The molecule has 2 fully saturated rings. The summed E-state index contributed by atoms with van der Waals surface area (Å²) >= 11 is 0. The first-order valence-corrected chi connectivity index (χ1v) is 8.58. The van der Waals surface area contributed by atoms with Crippen molar-refractivity contribution < 1.29 is 19.3 Å². The number of carbonyl (C=O) groups excluding carboxylic acids is 1. The summed E-state index contributed by atoms with van der Waals surface area (Å²) in [7, 11) is 0. The Labute approximate surface area is 151 Å². The van der Waals surface area contributed by atoms with E-state index in [1.165, 1.54) is 4.90 Å². The van der Waals surface area contributed by atoms with Gasteiger partial charge < -0.3 is 14.4 Å². The van der Waals surface area contributed by atoms with Gasteiger partial charge in [-0.25, -0.2) is 19.8 Å². The molecule has 9 heteroatoms. The van der Waals surface area contributed by atoms with Gasteiger partial charge in [0, 0.05) is 19.0 Å². The lowest BCUT2D eigenvalue weighted by Crippen LogP contribution is -2.41. The van der Waals surface area contributed by atoms with E-state index in [0.29, 0.717) is 32.0 Å². The lowest BCUT2D eigenvalue weighted by atomic mass is 10.1. The number of hydrazone groups is 1. The van der Waals surface area contributed by atoms with Gasteiger partial charge in [-0.05, 0) is 38.0 Å². The van der Waals surface area contributed by atoms with Crippen molar-refractivity contribution in [2.45, 2.75) is 26.4 Å². The number of guanidine groups is 1. The molecule has 0 N–H and O–H groups in total. The molecule has 2 atom stereocenters. The van der Waals surface area contributed by atoms with Crippen molar-refractivity contribution in [1.29, 1.82) is 0 Å². The lowest BCUT2D eigenvalue weighted by molar-refractivity contribution is -0.486. The van der Waals surface area contributed by atoms with E-state index in [9.17, 15) is 14.9 Å². The first-order chi connectivity index (χ1) is 12.4. The Kier molecular flexibility index (Phi) is 5.36. The minimum atomic E-state index is -0.783. The van der Waals surface area contributed by atoms with Gasteiger partial charge in [-0.2, -0.15) is 0 Å². The Morgan fingerprint density at radius 3 is 2.92 bits per heavy atom. The highest BCUT2D eigenvalue weighted by Gasteiger charge is 2.37. The molecule has 2 unspecified atom stereocenters. The van der Waals surface area contributed by atoms with E-state index in [1.54, 1.807) is 23.1 Å². The van der Waals surface area contributed by atoms with Crippen molar-refractivity contribution >= 4 is 12.1 Å². The number of aryl methyl sites for hydroxylation is 1. The first-order valence-electron chi connectivity index (χ1n) is 8.58. The van der Waals surface area contributed by atoms with Crippen molar-refractivity contribution in [2.24, 2.45) is 11.0 Å². The number of amides is 1. The van der Waals surface area contributed by atoms with Crippen molar-refractivity contribution in [2.75, 3.05) is 26.2 Å². The largest absolute Gasteiger partial charge is 0.422 e. The van der Waals surface area contributed by atoms with Gasteiger partial charge in [-0.15, -0.1) is 0 Å². The van der Waals surface area contributed by atoms with Gasteiger partial charge in [0.05, 0.1) is 19.3 Å². The van der Waals surface area contributed by atoms with Gasteiger partial charge in [0.1, 0.15) is 10.9 Å². The smallest absolute Gasteiger partial charge is 0.410 e. The predicted octanol–water partition coefficient (Wildman–Crippen LogP) is 2.08. The summed E-state index contributed by atoms with van der Waals surface area (Å²) in [5.41, 5.74) is 0.952. The molecule has 0 saturated carbocycles. The van der Waals surface area contributed by atoms with Crippen LogP contribution in [-0.2, 0) is 4.74 Å². The van der Waals surface area contributed by atoms with Gasteiger partial charge in [-0.1, -0.05) is 12.1 Å². The van der Waals surface area contributed by atoms with E-state index in [4.69, 9.17) is 9.47 Å². The van der Waals surface area contributed by atoms with E-state index < -0.39 is 11.1 Å². The third kappa shape index (κ3) is 4.29. The Balaban J connectivity index is 1.71. The Bertz CT molecular complexity index is 723. The van der Waals surface area contributed by atoms with E-state index in [1.807, 2.05) is 19.9 Å². The fraction of sp³-hybridized carbons (Fsp3) is 0.529. The summed E-state index contributed by atoms with van der Waals surface area (Å²) in [5, 5.41) is 13.6. The molecule has 140 valence electrons. The van der Waals surface area contributed by atoms with Crippen LogP contribution < -0.4 is 4.74 Å². The van der Waals surface area contributed by atoms with Crippen LogP contribution in [0.1, 0.15) is 18.9 Å². The normalized spacial score (nSPS) is 24.3. The van der Waals surface area contributed by atoms with Crippen LogP contribution >= 0.6 is 0 Å². The second-order valence-electron chi connectivity index (χ2n) is 6.67. The summed E-state index contributed by atoms with van der Waals surface area (Å²) in [4.78, 5) is 26.4. The summed E-state index contributed by atoms with van der Waals surface area (Å²) in [6, 6.07) is 7.06. The van der Waals surface area contributed by atoms with Crippen molar-refractivity contribution in [3.63, 3.8) is 0 Å². The highest BCUT2D eigenvalue weighted by molar-refractivity contribution is 5.96. The maximum atomic E-state index is 12.5. The number of hydrogen-bond donors (Lipinski definition) is 0. The molecule has 0 bridgehead atoms. The zero-order valence-electron chi connectivity index (χ0n) is 14.8. The minimum absolute atomic E-state index is 0.0206. The van der Waals surface area contributed by atoms with Gasteiger partial charge in [0.15, 0.2) is 5.03 Å². The third-order valence-corrected chi connectivity index (χ3v) is 4.46. The second kappa shape index (κ2) is 7.69. The van der Waals surface area contributed by atoms with Crippen LogP contribution in [0.4, 0.5) is 4.79 Å². The molecule has 2 saturated heterocycles. The monoisotopic (exact) mass is 362 g/mol. The molecule has 0 aliphatic carbocycles. The summed E-state index contributed by atoms with van der Waals surface area (Å²) in [6.45, 7) is 5.82. The maximum Gasteiger partial charge on any atom is 0.422 e. The molecule has 26 heavy (non-hydrogen) atoms.